The predicted octanol–water partition coefficient (Wildman–Crippen LogP) is 1.09. The summed E-state index contributed by atoms with van der Waals surface area (Å²) in [4.78, 5) is 13.9. The molecule has 0 atom stereocenters. The van der Waals surface area contributed by atoms with Crippen LogP contribution >= 0.6 is 0 Å². The van der Waals surface area contributed by atoms with Crippen molar-refractivity contribution in [3.05, 3.63) is 11.8 Å². The van der Waals surface area contributed by atoms with Crippen molar-refractivity contribution in [3.63, 3.8) is 0 Å². The molecule has 0 saturated carbocycles. The van der Waals surface area contributed by atoms with Crippen LogP contribution in [0.3, 0.4) is 0 Å². The van der Waals surface area contributed by atoms with E-state index in [0.717, 1.165) is 31.5 Å². The Balaban J connectivity index is 1.85. The SMILES string of the molecule is Cn1ncc(CNC(=O)N2CCCCCC2)c1N. The third-order valence-electron chi connectivity index (χ3n) is 3.39. The number of anilines is 1. The van der Waals surface area contributed by atoms with Gasteiger partial charge in [-0.2, -0.15) is 5.10 Å². The summed E-state index contributed by atoms with van der Waals surface area (Å²) in [5.74, 6) is 0.603. The maximum absolute atomic E-state index is 12.0. The van der Waals surface area contributed by atoms with Crippen molar-refractivity contribution < 1.29 is 4.79 Å². The molecule has 1 saturated heterocycles. The first-order valence-corrected chi connectivity index (χ1v) is 6.47. The lowest BCUT2D eigenvalue weighted by Gasteiger charge is -2.20. The number of rotatable bonds is 2. The number of aryl methyl sites for hydroxylation is 1. The van der Waals surface area contributed by atoms with Gasteiger partial charge in [0.25, 0.3) is 0 Å². The smallest absolute Gasteiger partial charge is 0.317 e. The molecule has 0 aliphatic carbocycles. The second kappa shape index (κ2) is 5.75. The maximum Gasteiger partial charge on any atom is 0.317 e. The maximum atomic E-state index is 12.0. The first-order valence-electron chi connectivity index (χ1n) is 6.47. The van der Waals surface area contributed by atoms with Crippen LogP contribution in [0.2, 0.25) is 0 Å². The molecular weight excluding hydrogens is 230 g/mol. The van der Waals surface area contributed by atoms with Gasteiger partial charge in [-0.15, -0.1) is 0 Å². The minimum absolute atomic E-state index is 0.000142. The van der Waals surface area contributed by atoms with E-state index >= 15 is 0 Å². The standard InChI is InChI=1S/C12H21N5O/c1-16-11(13)10(9-15-16)8-14-12(18)17-6-4-2-3-5-7-17/h9H,2-8,13H2,1H3,(H,14,18). The fourth-order valence-corrected chi connectivity index (χ4v) is 2.19. The average Bonchev–Trinajstić information content (AvgIpc) is 2.63. The van der Waals surface area contributed by atoms with Crippen LogP contribution in [0.15, 0.2) is 6.20 Å². The Morgan fingerprint density at radius 3 is 2.61 bits per heavy atom. The van der Waals surface area contributed by atoms with Crippen LogP contribution in [-0.4, -0.2) is 33.8 Å². The summed E-state index contributed by atoms with van der Waals surface area (Å²) >= 11 is 0. The second-order valence-electron chi connectivity index (χ2n) is 4.74. The van der Waals surface area contributed by atoms with Gasteiger partial charge in [0, 0.05) is 32.2 Å². The Bertz CT molecular complexity index is 407. The number of nitrogens with one attached hydrogen (secondary N) is 1. The van der Waals surface area contributed by atoms with Gasteiger partial charge in [-0.25, -0.2) is 4.79 Å². The Labute approximate surface area is 107 Å². The molecule has 1 aliphatic heterocycles. The average molecular weight is 251 g/mol. The Kier molecular flexibility index (Phi) is 4.07. The van der Waals surface area contributed by atoms with Crippen LogP contribution in [0.25, 0.3) is 0 Å². The lowest BCUT2D eigenvalue weighted by Crippen LogP contribution is -2.40. The van der Waals surface area contributed by atoms with Crippen molar-refractivity contribution >= 4 is 11.8 Å². The van der Waals surface area contributed by atoms with E-state index in [4.69, 9.17) is 5.73 Å². The lowest BCUT2D eigenvalue weighted by atomic mass is 10.2. The summed E-state index contributed by atoms with van der Waals surface area (Å²) in [6, 6.07) is 0.000142. The molecule has 2 heterocycles. The van der Waals surface area contributed by atoms with Gasteiger partial charge in [-0.05, 0) is 12.8 Å². The van der Waals surface area contributed by atoms with Gasteiger partial charge in [0.2, 0.25) is 0 Å². The molecule has 0 spiro atoms. The number of carbonyl (C=O) groups is 1. The summed E-state index contributed by atoms with van der Waals surface area (Å²) in [7, 11) is 1.79. The summed E-state index contributed by atoms with van der Waals surface area (Å²) in [6.45, 7) is 2.15. The van der Waals surface area contributed by atoms with Gasteiger partial charge in [0.1, 0.15) is 5.82 Å². The number of nitrogens with two attached hydrogens (primary N) is 1. The second-order valence-corrected chi connectivity index (χ2v) is 4.74. The number of urea groups is 1. The van der Waals surface area contributed by atoms with E-state index in [1.54, 1.807) is 17.9 Å². The number of likely N-dealkylation sites (tertiary alicyclic amines) is 1. The Hall–Kier alpha value is -1.72. The monoisotopic (exact) mass is 251 g/mol. The first-order chi connectivity index (χ1) is 8.68. The Morgan fingerprint density at radius 2 is 2.06 bits per heavy atom. The minimum atomic E-state index is 0.000142. The highest BCUT2D eigenvalue weighted by molar-refractivity contribution is 5.74. The minimum Gasteiger partial charge on any atom is -0.384 e. The molecule has 6 nitrogen and oxygen atoms in total. The van der Waals surface area contributed by atoms with Gasteiger partial charge in [0.05, 0.1) is 6.20 Å². The molecule has 1 fully saturated rings. The number of hydrogen-bond acceptors (Lipinski definition) is 3. The molecule has 6 heteroatoms. The van der Waals surface area contributed by atoms with Crippen LogP contribution in [-0.2, 0) is 13.6 Å². The summed E-state index contributed by atoms with van der Waals surface area (Å²) < 4.78 is 1.60. The largest absolute Gasteiger partial charge is 0.384 e. The zero-order valence-electron chi connectivity index (χ0n) is 10.9. The van der Waals surface area contributed by atoms with Gasteiger partial charge in [0.15, 0.2) is 0 Å². The predicted molar refractivity (Wildman–Crippen MR) is 69.9 cm³/mol. The molecule has 2 rings (SSSR count). The number of hydrogen-bond donors (Lipinski definition) is 2. The van der Waals surface area contributed by atoms with Gasteiger partial charge >= 0.3 is 6.03 Å². The molecule has 18 heavy (non-hydrogen) atoms. The zero-order valence-corrected chi connectivity index (χ0v) is 10.9. The quantitative estimate of drug-likeness (QED) is 0.826. The topological polar surface area (TPSA) is 76.2 Å². The molecular formula is C12H21N5O. The molecule has 1 aromatic heterocycles. The molecule has 0 aromatic carbocycles. The van der Waals surface area contributed by atoms with Gasteiger partial charge in [-0.3, -0.25) is 4.68 Å². The third kappa shape index (κ3) is 2.94. The number of nitrogen functional groups attached to an aromatic ring is 1. The summed E-state index contributed by atoms with van der Waals surface area (Å²) in [6.07, 6.45) is 6.33. The highest BCUT2D eigenvalue weighted by atomic mass is 16.2. The number of carbonyl (C=O) groups excluding carboxylic acids is 1. The Morgan fingerprint density at radius 1 is 1.39 bits per heavy atom. The number of nitrogens with zero attached hydrogens (tertiary/aromatic N) is 3. The molecule has 0 bridgehead atoms. The highest BCUT2D eigenvalue weighted by Crippen LogP contribution is 2.11. The van der Waals surface area contributed by atoms with Crippen LogP contribution in [0.1, 0.15) is 31.2 Å². The fraction of sp³-hybridized carbons (Fsp3) is 0.667. The molecule has 2 amide bonds. The van der Waals surface area contributed by atoms with Gasteiger partial charge in [-0.1, -0.05) is 12.8 Å². The highest BCUT2D eigenvalue weighted by Gasteiger charge is 2.15. The van der Waals surface area contributed by atoms with Crippen LogP contribution < -0.4 is 11.1 Å². The number of amides is 2. The van der Waals surface area contributed by atoms with E-state index in [2.05, 4.69) is 10.4 Å². The lowest BCUT2D eigenvalue weighted by molar-refractivity contribution is 0.199. The van der Waals surface area contributed by atoms with E-state index in [1.165, 1.54) is 12.8 Å². The van der Waals surface area contributed by atoms with Gasteiger partial charge < -0.3 is 16.0 Å². The van der Waals surface area contributed by atoms with E-state index in [1.807, 2.05) is 4.90 Å². The zero-order chi connectivity index (χ0) is 13.0. The first kappa shape index (κ1) is 12.7. The number of aromatic nitrogens is 2. The van der Waals surface area contributed by atoms with Crippen LogP contribution in [0, 0.1) is 0 Å². The molecule has 3 N–H and O–H groups in total. The van der Waals surface area contributed by atoms with E-state index < -0.39 is 0 Å². The molecule has 1 aromatic rings. The fourth-order valence-electron chi connectivity index (χ4n) is 2.19. The van der Waals surface area contributed by atoms with Crippen molar-refractivity contribution in [2.45, 2.75) is 32.2 Å². The molecule has 100 valence electrons. The molecule has 1 aliphatic rings. The van der Waals surface area contributed by atoms with Crippen molar-refractivity contribution in [1.82, 2.24) is 20.0 Å². The van der Waals surface area contributed by atoms with Crippen LogP contribution in [0.4, 0.5) is 10.6 Å². The molecule has 0 unspecified atom stereocenters. The van der Waals surface area contributed by atoms with E-state index in [-0.39, 0.29) is 6.03 Å². The van der Waals surface area contributed by atoms with Crippen molar-refractivity contribution in [2.24, 2.45) is 7.05 Å². The van der Waals surface area contributed by atoms with Crippen molar-refractivity contribution in [3.8, 4) is 0 Å². The van der Waals surface area contributed by atoms with Crippen LogP contribution in [0.5, 0.6) is 0 Å². The third-order valence-corrected chi connectivity index (χ3v) is 3.39. The van der Waals surface area contributed by atoms with Crippen molar-refractivity contribution in [1.29, 1.82) is 0 Å². The van der Waals surface area contributed by atoms with E-state index in [9.17, 15) is 4.79 Å². The molecule has 0 radical (unpaired) electrons. The van der Waals surface area contributed by atoms with Crippen molar-refractivity contribution in [2.75, 3.05) is 18.8 Å². The normalized spacial score (nSPS) is 16.4. The van der Waals surface area contributed by atoms with E-state index in [0.29, 0.717) is 12.4 Å². The summed E-state index contributed by atoms with van der Waals surface area (Å²) in [5.41, 5.74) is 6.69. The summed E-state index contributed by atoms with van der Waals surface area (Å²) in [5, 5.41) is 6.95.